The lowest BCUT2D eigenvalue weighted by molar-refractivity contribution is -0.129. The van der Waals surface area contributed by atoms with Crippen molar-refractivity contribution in [3.8, 4) is 0 Å². The fourth-order valence-corrected chi connectivity index (χ4v) is 4.73. The van der Waals surface area contributed by atoms with Gasteiger partial charge in [-0.15, -0.1) is 0 Å². The van der Waals surface area contributed by atoms with Crippen LogP contribution >= 0.6 is 50.9 Å². The highest BCUT2D eigenvalue weighted by atomic mass is 79.9. The van der Waals surface area contributed by atoms with E-state index in [-0.39, 0.29) is 18.2 Å². The molecule has 1 aliphatic heterocycles. The molecule has 1 saturated heterocycles. The lowest BCUT2D eigenvalue weighted by atomic mass is 10.2. The highest BCUT2D eigenvalue weighted by Gasteiger charge is 2.35. The van der Waals surface area contributed by atoms with Crippen LogP contribution in [0.3, 0.4) is 0 Å². The number of hydrogen-bond donors (Lipinski definition) is 1. The third-order valence-electron chi connectivity index (χ3n) is 3.91. The summed E-state index contributed by atoms with van der Waals surface area (Å²) in [5, 5.41) is 3.62. The maximum absolute atomic E-state index is 12.7. The van der Waals surface area contributed by atoms with E-state index in [4.69, 9.17) is 23.2 Å². The van der Waals surface area contributed by atoms with Crippen LogP contribution in [0, 0.1) is 0 Å². The van der Waals surface area contributed by atoms with E-state index in [0.29, 0.717) is 33.1 Å². The highest BCUT2D eigenvalue weighted by Crippen LogP contribution is 2.32. The largest absolute Gasteiger partial charge is 0.325 e. The minimum absolute atomic E-state index is 0.105. The Labute approximate surface area is 185 Å². The number of benzene rings is 2. The second-order valence-corrected chi connectivity index (χ2v) is 8.93. The first-order chi connectivity index (χ1) is 13.4. The molecule has 0 radical (unpaired) electrons. The molecule has 0 spiro atoms. The van der Waals surface area contributed by atoms with Gasteiger partial charge in [-0.3, -0.25) is 14.5 Å². The van der Waals surface area contributed by atoms with Crippen molar-refractivity contribution < 1.29 is 9.59 Å². The van der Waals surface area contributed by atoms with Gasteiger partial charge >= 0.3 is 0 Å². The Bertz CT molecular complexity index is 934. The minimum Gasteiger partial charge on any atom is -0.325 e. The van der Waals surface area contributed by atoms with Gasteiger partial charge < -0.3 is 5.32 Å². The Morgan fingerprint density at radius 2 is 2.00 bits per heavy atom. The van der Waals surface area contributed by atoms with Crippen LogP contribution in [0.5, 0.6) is 0 Å². The Kier molecular flexibility index (Phi) is 7.04. The van der Waals surface area contributed by atoms with Crippen molar-refractivity contribution in [3.05, 3.63) is 57.0 Å². The molecular weight excluding hydrogens is 485 g/mol. The van der Waals surface area contributed by atoms with Gasteiger partial charge in [-0.25, -0.2) is 4.99 Å². The van der Waals surface area contributed by atoms with Crippen molar-refractivity contribution >= 4 is 79.3 Å². The van der Waals surface area contributed by atoms with Gasteiger partial charge in [0.25, 0.3) is 0 Å². The van der Waals surface area contributed by atoms with Crippen molar-refractivity contribution in [2.24, 2.45) is 4.99 Å². The maximum atomic E-state index is 12.7. The summed E-state index contributed by atoms with van der Waals surface area (Å²) in [6, 6.07) is 12.2. The van der Waals surface area contributed by atoms with Gasteiger partial charge in [0.15, 0.2) is 5.17 Å². The van der Waals surface area contributed by atoms with Crippen LogP contribution in [0.25, 0.3) is 0 Å². The van der Waals surface area contributed by atoms with Crippen LogP contribution in [0.4, 0.5) is 11.4 Å². The summed E-state index contributed by atoms with van der Waals surface area (Å²) >= 11 is 16.7. The molecule has 1 N–H and O–H groups in total. The topological polar surface area (TPSA) is 61.8 Å². The molecule has 1 heterocycles. The van der Waals surface area contributed by atoms with E-state index in [2.05, 4.69) is 26.2 Å². The summed E-state index contributed by atoms with van der Waals surface area (Å²) in [5.41, 5.74) is 1.18. The highest BCUT2D eigenvalue weighted by molar-refractivity contribution is 9.10. The average Bonchev–Trinajstić information content (AvgIpc) is 2.60. The van der Waals surface area contributed by atoms with Gasteiger partial charge in [0.2, 0.25) is 11.8 Å². The average molecular weight is 501 g/mol. The molecule has 5 nitrogen and oxygen atoms in total. The first-order valence-corrected chi connectivity index (χ1v) is 10.9. The number of halogens is 3. The Morgan fingerprint density at radius 3 is 2.64 bits per heavy atom. The first kappa shape index (κ1) is 21.2. The lowest BCUT2D eigenvalue weighted by Gasteiger charge is -2.31. The molecule has 1 aliphatic rings. The fourth-order valence-electron chi connectivity index (χ4n) is 2.66. The fraction of sp³-hybridized carbons (Fsp3) is 0.211. The summed E-state index contributed by atoms with van der Waals surface area (Å²) in [6.07, 6.45) is 0.105. The van der Waals surface area contributed by atoms with E-state index in [0.717, 1.165) is 4.47 Å². The minimum atomic E-state index is -0.581. The van der Waals surface area contributed by atoms with Gasteiger partial charge in [-0.1, -0.05) is 57.0 Å². The number of amides is 2. The second-order valence-electron chi connectivity index (χ2n) is 5.97. The van der Waals surface area contributed by atoms with E-state index in [1.807, 2.05) is 19.1 Å². The molecule has 0 aromatic heterocycles. The number of rotatable bonds is 4. The smallest absolute Gasteiger partial charge is 0.238 e. The first-order valence-electron chi connectivity index (χ1n) is 8.44. The normalized spacial score (nSPS) is 18.4. The molecule has 146 valence electrons. The summed E-state index contributed by atoms with van der Waals surface area (Å²) < 4.78 is 0.856. The van der Waals surface area contributed by atoms with Crippen molar-refractivity contribution in [3.63, 3.8) is 0 Å². The van der Waals surface area contributed by atoms with E-state index < -0.39 is 5.25 Å². The SMILES string of the molecule is CCN1C(=O)CC(C(=O)Nc2cccc(Br)c2)SC1=Nc1cc(Cl)cc(Cl)c1. The molecule has 2 aromatic carbocycles. The summed E-state index contributed by atoms with van der Waals surface area (Å²) in [5.74, 6) is -0.397. The molecule has 3 rings (SSSR count). The van der Waals surface area contributed by atoms with Crippen LogP contribution < -0.4 is 5.32 Å². The predicted octanol–water partition coefficient (Wildman–Crippen LogP) is 5.74. The number of hydrogen-bond acceptors (Lipinski definition) is 4. The van der Waals surface area contributed by atoms with Gasteiger partial charge in [-0.2, -0.15) is 0 Å². The second kappa shape index (κ2) is 9.31. The van der Waals surface area contributed by atoms with Crippen molar-refractivity contribution in [1.29, 1.82) is 0 Å². The Hall–Kier alpha value is -1.54. The van der Waals surface area contributed by atoms with Crippen molar-refractivity contribution in [2.45, 2.75) is 18.6 Å². The summed E-state index contributed by atoms with van der Waals surface area (Å²) in [6.45, 7) is 2.32. The number of aliphatic imine (C=N–C) groups is 1. The molecule has 1 atom stereocenters. The number of nitrogens with zero attached hydrogens (tertiary/aromatic N) is 2. The molecule has 9 heteroatoms. The van der Waals surface area contributed by atoms with Crippen molar-refractivity contribution in [2.75, 3.05) is 11.9 Å². The molecule has 28 heavy (non-hydrogen) atoms. The molecular formula is C19H16BrCl2N3O2S. The predicted molar refractivity (Wildman–Crippen MR) is 120 cm³/mol. The lowest BCUT2D eigenvalue weighted by Crippen LogP contribution is -2.45. The number of carbonyl (C=O) groups excluding carboxylic acids is 2. The van der Waals surface area contributed by atoms with Crippen molar-refractivity contribution in [1.82, 2.24) is 4.90 Å². The maximum Gasteiger partial charge on any atom is 0.238 e. The van der Waals surface area contributed by atoms with Gasteiger partial charge in [0.05, 0.1) is 5.69 Å². The molecule has 1 fully saturated rings. The zero-order chi connectivity index (χ0) is 20.3. The van der Waals surface area contributed by atoms with Crippen LogP contribution in [-0.2, 0) is 9.59 Å². The van der Waals surface area contributed by atoms with Gasteiger partial charge in [0, 0.05) is 33.2 Å². The summed E-state index contributed by atoms with van der Waals surface area (Å²) in [7, 11) is 0. The van der Waals surface area contributed by atoms with Crippen LogP contribution in [0.15, 0.2) is 51.9 Å². The molecule has 1 unspecified atom stereocenters. The third kappa shape index (κ3) is 5.29. The van der Waals surface area contributed by atoms with E-state index >= 15 is 0 Å². The zero-order valence-corrected chi connectivity index (χ0v) is 18.7. The van der Waals surface area contributed by atoms with E-state index in [1.165, 1.54) is 11.8 Å². The van der Waals surface area contributed by atoms with E-state index in [1.54, 1.807) is 35.2 Å². The summed E-state index contributed by atoms with van der Waals surface area (Å²) in [4.78, 5) is 31.4. The van der Waals surface area contributed by atoms with Gasteiger partial charge in [0.1, 0.15) is 5.25 Å². The molecule has 2 aromatic rings. The van der Waals surface area contributed by atoms with Crippen LogP contribution in [0.1, 0.15) is 13.3 Å². The molecule has 0 saturated carbocycles. The standard InChI is InChI=1S/C19H16BrCl2N3O2S/c1-2-25-17(26)10-16(18(27)23-14-5-3-4-11(20)6-14)28-19(25)24-15-8-12(21)7-13(22)9-15/h3-9,16H,2,10H2,1H3,(H,23,27). The van der Waals surface area contributed by atoms with Crippen LogP contribution in [-0.4, -0.2) is 33.7 Å². The zero-order valence-electron chi connectivity index (χ0n) is 14.8. The molecule has 0 aliphatic carbocycles. The van der Waals surface area contributed by atoms with E-state index in [9.17, 15) is 9.59 Å². The van der Waals surface area contributed by atoms with Crippen LogP contribution in [0.2, 0.25) is 10.0 Å². The monoisotopic (exact) mass is 499 g/mol. The number of thioether (sulfide) groups is 1. The molecule has 0 bridgehead atoms. The third-order valence-corrected chi connectivity index (χ3v) is 6.03. The quantitative estimate of drug-likeness (QED) is 0.582. The Balaban J connectivity index is 1.84. The Morgan fingerprint density at radius 1 is 1.29 bits per heavy atom. The number of carbonyl (C=O) groups is 2. The number of anilines is 1. The number of amidine groups is 1. The number of nitrogens with one attached hydrogen (secondary N) is 1. The molecule has 2 amide bonds. The van der Waals surface area contributed by atoms with Gasteiger partial charge in [-0.05, 0) is 43.3 Å².